The molecule has 0 radical (unpaired) electrons. The lowest BCUT2D eigenvalue weighted by molar-refractivity contribution is -0.384. The summed E-state index contributed by atoms with van der Waals surface area (Å²) in [6.45, 7) is 8.61. The van der Waals surface area contributed by atoms with Crippen molar-refractivity contribution in [2.75, 3.05) is 31.2 Å². The third-order valence-corrected chi connectivity index (χ3v) is 6.97. The minimum atomic E-state index is -0.412. The van der Waals surface area contributed by atoms with Crippen LogP contribution in [0.5, 0.6) is 0 Å². The number of hydrogen-bond donors (Lipinski definition) is 0. The number of thioether (sulfide) groups is 1. The average Bonchev–Trinajstić information content (AvgIpc) is 3.14. The summed E-state index contributed by atoms with van der Waals surface area (Å²) in [5.41, 5.74) is 3.41. The van der Waals surface area contributed by atoms with Gasteiger partial charge in [0.2, 0.25) is 0 Å². The van der Waals surface area contributed by atoms with E-state index in [2.05, 4.69) is 4.90 Å². The normalized spacial score (nSPS) is 19.8. The van der Waals surface area contributed by atoms with Gasteiger partial charge in [-0.3, -0.25) is 19.8 Å². The number of nitro benzene ring substituents is 1. The van der Waals surface area contributed by atoms with Crippen LogP contribution in [0, 0.1) is 17.0 Å². The Morgan fingerprint density at radius 1 is 1.21 bits per heavy atom. The van der Waals surface area contributed by atoms with Gasteiger partial charge in [0.25, 0.3) is 11.6 Å². The van der Waals surface area contributed by atoms with Crippen LogP contribution in [0.3, 0.4) is 0 Å². The van der Waals surface area contributed by atoms with Crippen molar-refractivity contribution >= 4 is 46.0 Å². The van der Waals surface area contributed by atoms with E-state index in [0.717, 1.165) is 23.4 Å². The fourth-order valence-corrected chi connectivity index (χ4v) is 4.95. The maximum absolute atomic E-state index is 13.5. The fraction of sp³-hybridized carbons (Fsp3) is 0.360. The third kappa shape index (κ3) is 5.15. The van der Waals surface area contributed by atoms with Gasteiger partial charge in [-0.25, -0.2) is 4.99 Å². The second kappa shape index (κ2) is 10.4. The SMILES string of the molecule is CC[C@@H](C)N1C(=O)/C(=C\c2cc([N+](=O)[O-])ccc2N2CCOCC2)SC1=Nc1ccc(C)cc1. The summed E-state index contributed by atoms with van der Waals surface area (Å²) < 4.78 is 5.46. The van der Waals surface area contributed by atoms with E-state index in [1.807, 2.05) is 45.0 Å². The first-order valence-corrected chi connectivity index (χ1v) is 12.2. The summed E-state index contributed by atoms with van der Waals surface area (Å²) in [5.74, 6) is -0.135. The molecule has 2 aliphatic heterocycles. The van der Waals surface area contributed by atoms with Gasteiger partial charge in [-0.1, -0.05) is 24.6 Å². The maximum Gasteiger partial charge on any atom is 0.270 e. The zero-order valence-corrected chi connectivity index (χ0v) is 20.4. The highest BCUT2D eigenvalue weighted by Crippen LogP contribution is 2.38. The molecule has 4 rings (SSSR count). The van der Waals surface area contributed by atoms with Gasteiger partial charge in [0.15, 0.2) is 5.17 Å². The van der Waals surface area contributed by atoms with Crippen LogP contribution in [0.1, 0.15) is 31.4 Å². The number of ether oxygens (including phenoxy) is 1. The van der Waals surface area contributed by atoms with Crippen molar-refractivity contribution in [1.82, 2.24) is 4.90 Å². The Morgan fingerprint density at radius 2 is 1.91 bits per heavy atom. The molecule has 2 heterocycles. The van der Waals surface area contributed by atoms with Crippen LogP contribution in [0.2, 0.25) is 0 Å². The summed E-state index contributed by atoms with van der Waals surface area (Å²) in [6, 6.07) is 12.6. The molecule has 2 aromatic carbocycles. The molecule has 34 heavy (non-hydrogen) atoms. The van der Waals surface area contributed by atoms with Gasteiger partial charge in [-0.2, -0.15) is 0 Å². The molecule has 0 N–H and O–H groups in total. The molecule has 2 aromatic rings. The van der Waals surface area contributed by atoms with E-state index in [1.165, 1.54) is 23.9 Å². The average molecular weight is 481 g/mol. The van der Waals surface area contributed by atoms with Gasteiger partial charge >= 0.3 is 0 Å². The Labute approximate surface area is 203 Å². The van der Waals surface area contributed by atoms with E-state index >= 15 is 0 Å². The minimum Gasteiger partial charge on any atom is -0.378 e. The number of nitrogens with zero attached hydrogens (tertiary/aromatic N) is 4. The quantitative estimate of drug-likeness (QED) is 0.323. The van der Waals surface area contributed by atoms with Crippen molar-refractivity contribution in [2.24, 2.45) is 4.99 Å². The third-order valence-electron chi connectivity index (χ3n) is 5.99. The number of nitro groups is 1. The van der Waals surface area contributed by atoms with Crippen molar-refractivity contribution in [3.63, 3.8) is 0 Å². The highest BCUT2D eigenvalue weighted by Gasteiger charge is 2.36. The van der Waals surface area contributed by atoms with Crippen LogP contribution in [0.15, 0.2) is 52.4 Å². The fourth-order valence-electron chi connectivity index (χ4n) is 3.87. The molecular formula is C25H28N4O4S. The van der Waals surface area contributed by atoms with Gasteiger partial charge in [0.1, 0.15) is 0 Å². The molecule has 0 aromatic heterocycles. The molecule has 0 spiro atoms. The van der Waals surface area contributed by atoms with Gasteiger partial charge < -0.3 is 9.64 Å². The molecule has 0 aliphatic carbocycles. The summed E-state index contributed by atoms with van der Waals surface area (Å²) >= 11 is 1.31. The topological polar surface area (TPSA) is 88.3 Å². The van der Waals surface area contributed by atoms with Gasteiger partial charge in [0.05, 0.1) is 28.7 Å². The first-order valence-electron chi connectivity index (χ1n) is 11.4. The minimum absolute atomic E-state index is 0.00775. The second-order valence-electron chi connectivity index (χ2n) is 8.37. The molecule has 1 atom stereocenters. The number of aliphatic imine (C=N–C) groups is 1. The highest BCUT2D eigenvalue weighted by atomic mass is 32.2. The van der Waals surface area contributed by atoms with E-state index in [9.17, 15) is 14.9 Å². The lowest BCUT2D eigenvalue weighted by Crippen LogP contribution is -2.37. The Morgan fingerprint density at radius 3 is 2.56 bits per heavy atom. The summed E-state index contributed by atoms with van der Waals surface area (Å²) in [5, 5.41) is 12.1. The van der Waals surface area contributed by atoms with Crippen LogP contribution < -0.4 is 4.90 Å². The first kappa shape index (κ1) is 24.0. The zero-order valence-electron chi connectivity index (χ0n) is 19.6. The molecule has 1 amide bonds. The summed E-state index contributed by atoms with van der Waals surface area (Å²) in [4.78, 5) is 33.6. The van der Waals surface area contributed by atoms with E-state index in [4.69, 9.17) is 9.73 Å². The van der Waals surface area contributed by atoms with Crippen molar-refractivity contribution in [3.05, 3.63) is 68.6 Å². The predicted molar refractivity (Wildman–Crippen MR) is 137 cm³/mol. The zero-order chi connectivity index (χ0) is 24.2. The van der Waals surface area contributed by atoms with E-state index < -0.39 is 4.92 Å². The largest absolute Gasteiger partial charge is 0.378 e. The second-order valence-corrected chi connectivity index (χ2v) is 9.38. The lowest BCUT2D eigenvalue weighted by atomic mass is 10.1. The number of benzene rings is 2. The molecule has 0 bridgehead atoms. The molecule has 0 unspecified atom stereocenters. The summed E-state index contributed by atoms with van der Waals surface area (Å²) in [6.07, 6.45) is 2.54. The number of aryl methyl sites for hydroxylation is 1. The van der Waals surface area contributed by atoms with Crippen LogP contribution in [0.4, 0.5) is 17.1 Å². The molecular weight excluding hydrogens is 452 g/mol. The number of rotatable bonds is 6. The van der Waals surface area contributed by atoms with Crippen LogP contribution in [-0.4, -0.2) is 53.2 Å². The van der Waals surface area contributed by atoms with Crippen LogP contribution >= 0.6 is 11.8 Å². The van der Waals surface area contributed by atoms with Crippen LogP contribution in [-0.2, 0) is 9.53 Å². The van der Waals surface area contributed by atoms with Crippen LogP contribution in [0.25, 0.3) is 6.08 Å². The number of non-ortho nitro benzene ring substituents is 1. The Balaban J connectivity index is 1.75. The maximum atomic E-state index is 13.5. The number of amidine groups is 1. The molecule has 2 fully saturated rings. The number of morpholine rings is 1. The smallest absolute Gasteiger partial charge is 0.270 e. The van der Waals surface area contributed by atoms with E-state index in [-0.39, 0.29) is 17.6 Å². The van der Waals surface area contributed by atoms with Crippen molar-refractivity contribution < 1.29 is 14.5 Å². The number of hydrogen-bond acceptors (Lipinski definition) is 7. The predicted octanol–water partition coefficient (Wildman–Crippen LogP) is 5.14. The monoisotopic (exact) mass is 480 g/mol. The van der Waals surface area contributed by atoms with E-state index in [1.54, 1.807) is 17.0 Å². The standard InChI is InChI=1S/C25H28N4O4S/c1-4-18(3)28-24(30)23(34-25(28)26-20-7-5-17(2)6-8-20)16-19-15-21(29(31)32)9-10-22(19)27-11-13-33-14-12-27/h5-10,15-16,18H,4,11-14H2,1-3H3/b23-16+,26-25?/t18-/m1/s1. The van der Waals surface area contributed by atoms with Gasteiger partial charge in [0, 0.05) is 42.5 Å². The lowest BCUT2D eigenvalue weighted by Gasteiger charge is -2.30. The number of anilines is 1. The molecule has 9 heteroatoms. The first-order chi connectivity index (χ1) is 16.4. The van der Waals surface area contributed by atoms with Gasteiger partial charge in [-0.15, -0.1) is 0 Å². The Hall–Kier alpha value is -3.17. The highest BCUT2D eigenvalue weighted by molar-refractivity contribution is 8.18. The van der Waals surface area contributed by atoms with E-state index in [0.29, 0.717) is 41.9 Å². The van der Waals surface area contributed by atoms with Gasteiger partial charge in [-0.05, 0) is 56.3 Å². The molecule has 8 nitrogen and oxygen atoms in total. The van der Waals surface area contributed by atoms with Crippen molar-refractivity contribution in [1.29, 1.82) is 0 Å². The molecule has 178 valence electrons. The van der Waals surface area contributed by atoms with Crippen molar-refractivity contribution in [3.8, 4) is 0 Å². The number of carbonyl (C=O) groups is 1. The number of carbonyl (C=O) groups excluding carboxylic acids is 1. The van der Waals surface area contributed by atoms with Crippen molar-refractivity contribution in [2.45, 2.75) is 33.2 Å². The molecule has 2 saturated heterocycles. The Bertz CT molecular complexity index is 1140. The number of amides is 1. The Kier molecular flexibility index (Phi) is 7.33. The molecule has 0 saturated carbocycles. The molecule has 2 aliphatic rings. The summed E-state index contributed by atoms with van der Waals surface area (Å²) in [7, 11) is 0.